The van der Waals surface area contributed by atoms with Gasteiger partial charge >= 0.3 is 0 Å². The Morgan fingerprint density at radius 3 is 2.78 bits per heavy atom. The number of hydrogen-bond acceptors (Lipinski definition) is 3. The average molecular weight is 313 g/mol. The van der Waals surface area contributed by atoms with Crippen molar-refractivity contribution in [2.24, 2.45) is 11.8 Å². The number of amides is 1. The van der Waals surface area contributed by atoms with E-state index in [1.165, 1.54) is 6.42 Å². The van der Waals surface area contributed by atoms with Gasteiger partial charge in [-0.05, 0) is 24.3 Å². The van der Waals surface area contributed by atoms with E-state index in [1.54, 1.807) is 6.07 Å². The number of nitrogens with one attached hydrogen (secondary N) is 2. The van der Waals surface area contributed by atoms with Crippen LogP contribution in [-0.4, -0.2) is 22.1 Å². The first kappa shape index (κ1) is 15.7. The van der Waals surface area contributed by atoms with Crippen molar-refractivity contribution >= 4 is 16.7 Å². The minimum Gasteiger partial charge on any atom is -0.353 e. The average Bonchev–Trinajstić information content (AvgIpc) is 2.55. The molecule has 1 aliphatic carbocycles. The first-order valence-electron chi connectivity index (χ1n) is 8.32. The quantitative estimate of drug-likeness (QED) is 0.913. The molecule has 1 heterocycles. The van der Waals surface area contributed by atoms with Gasteiger partial charge in [0.1, 0.15) is 0 Å². The molecule has 1 aliphatic rings. The summed E-state index contributed by atoms with van der Waals surface area (Å²) in [6, 6.07) is 7.50. The van der Waals surface area contributed by atoms with Gasteiger partial charge in [0.15, 0.2) is 0 Å². The van der Waals surface area contributed by atoms with Crippen LogP contribution in [0.2, 0.25) is 0 Å². The molecule has 0 aliphatic heterocycles. The highest BCUT2D eigenvalue weighted by Gasteiger charge is 2.28. The molecule has 0 bridgehead atoms. The van der Waals surface area contributed by atoms with Gasteiger partial charge in [-0.3, -0.25) is 9.59 Å². The number of rotatable bonds is 3. The highest BCUT2D eigenvalue weighted by Crippen LogP contribution is 2.29. The van der Waals surface area contributed by atoms with Gasteiger partial charge in [-0.25, -0.2) is 5.10 Å². The number of nitrogens with zero attached hydrogens (tertiary/aromatic N) is 1. The number of carbonyl (C=O) groups excluding carboxylic acids is 1. The van der Waals surface area contributed by atoms with Crippen LogP contribution < -0.4 is 10.9 Å². The first-order valence-corrected chi connectivity index (χ1v) is 8.32. The van der Waals surface area contributed by atoms with Crippen LogP contribution in [0, 0.1) is 11.8 Å². The molecule has 3 rings (SSSR count). The molecule has 0 unspecified atom stereocenters. The van der Waals surface area contributed by atoms with Crippen LogP contribution in [0.1, 0.15) is 38.8 Å². The van der Waals surface area contributed by atoms with Gasteiger partial charge in [0.25, 0.3) is 5.56 Å². The number of fused-ring (bicyclic) bond motifs is 1. The molecule has 0 saturated heterocycles. The molecule has 1 aromatic heterocycles. The summed E-state index contributed by atoms with van der Waals surface area (Å²) >= 11 is 0. The zero-order valence-corrected chi connectivity index (χ0v) is 13.6. The van der Waals surface area contributed by atoms with Crippen molar-refractivity contribution in [1.29, 1.82) is 0 Å². The molecule has 5 heteroatoms. The van der Waals surface area contributed by atoms with Crippen LogP contribution >= 0.6 is 0 Å². The Labute approximate surface area is 135 Å². The number of benzene rings is 1. The lowest BCUT2D eigenvalue weighted by Gasteiger charge is -2.34. The van der Waals surface area contributed by atoms with Gasteiger partial charge in [-0.2, -0.15) is 5.10 Å². The summed E-state index contributed by atoms with van der Waals surface area (Å²) in [5, 5.41) is 11.0. The molecule has 0 radical (unpaired) electrons. The maximum absolute atomic E-state index is 12.4. The highest BCUT2D eigenvalue weighted by molar-refractivity contribution is 5.88. The van der Waals surface area contributed by atoms with E-state index in [-0.39, 0.29) is 23.9 Å². The van der Waals surface area contributed by atoms with Crippen molar-refractivity contribution in [3.8, 4) is 0 Å². The van der Waals surface area contributed by atoms with Crippen LogP contribution in [0.15, 0.2) is 29.1 Å². The minimum atomic E-state index is -0.223. The van der Waals surface area contributed by atoms with Crippen molar-refractivity contribution in [3.05, 3.63) is 40.3 Å². The SMILES string of the molecule is C[C@H]1[C@H](C)CCC[C@H]1NC(=O)Cc1n[nH]c(=O)c2ccccc12. The normalized spacial score (nSPS) is 24.5. The summed E-state index contributed by atoms with van der Waals surface area (Å²) in [6.07, 6.45) is 3.63. The summed E-state index contributed by atoms with van der Waals surface area (Å²) in [5.74, 6) is 1.11. The topological polar surface area (TPSA) is 74.8 Å². The molecule has 1 saturated carbocycles. The molecule has 1 aromatic carbocycles. The van der Waals surface area contributed by atoms with Crippen LogP contribution in [0.25, 0.3) is 10.8 Å². The summed E-state index contributed by atoms with van der Waals surface area (Å²) in [5.41, 5.74) is 0.397. The zero-order chi connectivity index (χ0) is 16.4. The second-order valence-corrected chi connectivity index (χ2v) is 6.66. The summed E-state index contributed by atoms with van der Waals surface area (Å²) < 4.78 is 0. The van der Waals surface area contributed by atoms with Crippen LogP contribution in [0.5, 0.6) is 0 Å². The lowest BCUT2D eigenvalue weighted by molar-refractivity contribution is -0.121. The fourth-order valence-corrected chi connectivity index (χ4v) is 3.50. The Kier molecular flexibility index (Phi) is 4.46. The van der Waals surface area contributed by atoms with E-state index in [9.17, 15) is 9.59 Å². The summed E-state index contributed by atoms with van der Waals surface area (Å²) in [6.45, 7) is 4.46. The number of H-pyrrole nitrogens is 1. The van der Waals surface area contributed by atoms with Crippen molar-refractivity contribution in [1.82, 2.24) is 15.5 Å². The summed E-state index contributed by atoms with van der Waals surface area (Å²) in [4.78, 5) is 24.2. The monoisotopic (exact) mass is 313 g/mol. The Hall–Kier alpha value is -2.17. The maximum Gasteiger partial charge on any atom is 0.272 e. The van der Waals surface area contributed by atoms with E-state index in [2.05, 4.69) is 29.4 Å². The van der Waals surface area contributed by atoms with Crippen LogP contribution in [-0.2, 0) is 11.2 Å². The third-order valence-corrected chi connectivity index (χ3v) is 5.16. The second-order valence-electron chi connectivity index (χ2n) is 6.66. The molecular weight excluding hydrogens is 290 g/mol. The summed E-state index contributed by atoms with van der Waals surface area (Å²) in [7, 11) is 0. The Bertz CT molecular complexity index is 768. The third kappa shape index (κ3) is 3.28. The van der Waals surface area contributed by atoms with Gasteiger partial charge < -0.3 is 5.32 Å². The lowest BCUT2D eigenvalue weighted by atomic mass is 9.78. The van der Waals surface area contributed by atoms with Gasteiger partial charge in [0, 0.05) is 11.4 Å². The lowest BCUT2D eigenvalue weighted by Crippen LogP contribution is -2.44. The number of carbonyl (C=O) groups is 1. The predicted octanol–water partition coefficient (Wildman–Crippen LogP) is 2.41. The third-order valence-electron chi connectivity index (χ3n) is 5.16. The van der Waals surface area contributed by atoms with E-state index >= 15 is 0 Å². The Balaban J connectivity index is 1.76. The van der Waals surface area contributed by atoms with Gasteiger partial charge in [0.2, 0.25) is 5.91 Å². The van der Waals surface area contributed by atoms with E-state index in [0.717, 1.165) is 18.2 Å². The first-order chi connectivity index (χ1) is 11.1. The van der Waals surface area contributed by atoms with E-state index in [0.29, 0.717) is 22.9 Å². The van der Waals surface area contributed by atoms with Crippen molar-refractivity contribution in [2.45, 2.75) is 45.6 Å². The smallest absolute Gasteiger partial charge is 0.272 e. The van der Waals surface area contributed by atoms with Crippen molar-refractivity contribution < 1.29 is 4.79 Å². The minimum absolute atomic E-state index is 0.0272. The zero-order valence-electron chi connectivity index (χ0n) is 13.6. The van der Waals surface area contributed by atoms with Crippen LogP contribution in [0.3, 0.4) is 0 Å². The Morgan fingerprint density at radius 1 is 1.26 bits per heavy atom. The predicted molar refractivity (Wildman–Crippen MR) is 90.2 cm³/mol. The fourth-order valence-electron chi connectivity index (χ4n) is 3.50. The highest BCUT2D eigenvalue weighted by atomic mass is 16.1. The molecule has 1 fully saturated rings. The number of aromatic nitrogens is 2. The number of aromatic amines is 1. The van der Waals surface area contributed by atoms with Gasteiger partial charge in [-0.15, -0.1) is 0 Å². The van der Waals surface area contributed by atoms with Crippen molar-refractivity contribution in [2.75, 3.05) is 0 Å². The molecule has 0 spiro atoms. The fraction of sp³-hybridized carbons (Fsp3) is 0.500. The molecule has 2 aromatic rings. The number of hydrogen-bond donors (Lipinski definition) is 2. The molecule has 5 nitrogen and oxygen atoms in total. The van der Waals surface area contributed by atoms with E-state index < -0.39 is 0 Å². The van der Waals surface area contributed by atoms with Gasteiger partial charge in [-0.1, -0.05) is 44.9 Å². The molecule has 1 amide bonds. The molecule has 23 heavy (non-hydrogen) atoms. The molecule has 2 N–H and O–H groups in total. The molecule has 122 valence electrons. The van der Waals surface area contributed by atoms with E-state index in [4.69, 9.17) is 0 Å². The standard InChI is InChI=1S/C18H23N3O2/c1-11-6-5-9-15(12(11)2)19-17(22)10-16-13-7-3-4-8-14(13)18(23)21-20-16/h3-4,7-8,11-12,15H,5-6,9-10H2,1-2H3,(H,19,22)(H,21,23)/t11-,12+,15-/m1/s1. The largest absolute Gasteiger partial charge is 0.353 e. The maximum atomic E-state index is 12.4. The Morgan fingerprint density at radius 2 is 2.00 bits per heavy atom. The van der Waals surface area contributed by atoms with Gasteiger partial charge in [0.05, 0.1) is 17.5 Å². The second kappa shape index (κ2) is 6.52. The van der Waals surface area contributed by atoms with Crippen LogP contribution in [0.4, 0.5) is 0 Å². The van der Waals surface area contributed by atoms with Crippen molar-refractivity contribution in [3.63, 3.8) is 0 Å². The molecular formula is C18H23N3O2. The van der Waals surface area contributed by atoms with E-state index in [1.807, 2.05) is 18.2 Å². The molecule has 3 atom stereocenters.